The molecule has 2 aliphatic heterocycles. The Bertz CT molecular complexity index is 471. The third-order valence-electron chi connectivity index (χ3n) is 5.67. The fraction of sp³-hybridized carbons (Fsp3) is 0.773. The van der Waals surface area contributed by atoms with Crippen molar-refractivity contribution in [3.05, 3.63) is 12.7 Å². The van der Waals surface area contributed by atoms with Crippen molar-refractivity contribution in [2.75, 3.05) is 53.4 Å². The molecule has 0 aromatic rings. The number of hydrogen-bond acceptors (Lipinski definition) is 6. The van der Waals surface area contributed by atoms with Crippen LogP contribution in [-0.2, 0) is 14.4 Å². The summed E-state index contributed by atoms with van der Waals surface area (Å²) in [4.78, 5) is 37.1. The summed E-state index contributed by atoms with van der Waals surface area (Å²) in [5.74, 6) is 0.414. The topological polar surface area (TPSA) is 73.0 Å². The van der Waals surface area contributed by atoms with Crippen molar-refractivity contribution in [3.63, 3.8) is 0 Å². The summed E-state index contributed by atoms with van der Waals surface area (Å²) in [5.41, 5.74) is 0.351. The fourth-order valence-electron chi connectivity index (χ4n) is 4.21. The number of nitrogens with one attached hydrogen (secondary N) is 1. The van der Waals surface area contributed by atoms with Gasteiger partial charge in [0.25, 0.3) is 0 Å². The summed E-state index contributed by atoms with van der Waals surface area (Å²) in [6.45, 7) is 16.6. The Kier molecular flexibility index (Phi) is 14.5. The number of aldehydes is 2. The highest BCUT2D eigenvalue weighted by atomic mass is 16.1. The summed E-state index contributed by atoms with van der Waals surface area (Å²) in [5, 5.41) is 2.25. The van der Waals surface area contributed by atoms with E-state index in [9.17, 15) is 4.79 Å². The van der Waals surface area contributed by atoms with Gasteiger partial charge in [-0.25, -0.2) is 0 Å². The first-order valence-electron chi connectivity index (χ1n) is 10.7. The molecule has 0 aliphatic carbocycles. The Morgan fingerprint density at radius 1 is 1.10 bits per heavy atom. The Morgan fingerprint density at radius 3 is 2.03 bits per heavy atom. The third kappa shape index (κ3) is 9.19. The van der Waals surface area contributed by atoms with E-state index in [2.05, 4.69) is 54.4 Å². The number of carbonyl (C=O) groups is 3. The summed E-state index contributed by atoms with van der Waals surface area (Å²) in [6.07, 6.45) is 7.25. The zero-order chi connectivity index (χ0) is 22.3. The molecule has 1 N–H and O–H groups in total. The van der Waals surface area contributed by atoms with Crippen molar-refractivity contribution in [2.24, 2.45) is 5.92 Å². The maximum absolute atomic E-state index is 11.4. The SMILES string of the molecule is C=CC=O.CCCN1CCN(C)CC12CCN(C(C=O)C(C)C)CC2.CNC=O. The van der Waals surface area contributed by atoms with Crippen molar-refractivity contribution in [3.8, 4) is 0 Å². The highest BCUT2D eigenvalue weighted by molar-refractivity contribution is 5.63. The lowest BCUT2D eigenvalue weighted by Gasteiger charge is -2.54. The van der Waals surface area contributed by atoms with E-state index >= 15 is 0 Å². The minimum atomic E-state index is 0.100. The van der Waals surface area contributed by atoms with Crippen molar-refractivity contribution < 1.29 is 14.4 Å². The number of nitrogens with zero attached hydrogens (tertiary/aromatic N) is 3. The molecule has 168 valence electrons. The maximum atomic E-state index is 11.4. The predicted octanol–water partition coefficient (Wildman–Crippen LogP) is 1.44. The number of piperidine rings is 1. The molecule has 1 unspecified atom stereocenters. The molecule has 7 nitrogen and oxygen atoms in total. The molecule has 2 rings (SSSR count). The lowest BCUT2D eigenvalue weighted by Crippen LogP contribution is -2.65. The Hall–Kier alpha value is -1.57. The van der Waals surface area contributed by atoms with Crippen LogP contribution >= 0.6 is 0 Å². The first kappa shape index (κ1) is 27.4. The second-order valence-electron chi connectivity index (χ2n) is 8.13. The van der Waals surface area contributed by atoms with Crippen molar-refractivity contribution in [1.82, 2.24) is 20.0 Å². The van der Waals surface area contributed by atoms with Crippen LogP contribution in [0.4, 0.5) is 0 Å². The van der Waals surface area contributed by atoms with Gasteiger partial charge in [0.2, 0.25) is 6.41 Å². The minimum absolute atomic E-state index is 0.100. The van der Waals surface area contributed by atoms with Crippen LogP contribution in [0, 0.1) is 5.92 Å². The van der Waals surface area contributed by atoms with Crippen LogP contribution in [0.2, 0.25) is 0 Å². The molecule has 0 saturated carbocycles. The third-order valence-corrected chi connectivity index (χ3v) is 5.67. The van der Waals surface area contributed by atoms with E-state index in [0.717, 1.165) is 19.4 Å². The molecule has 1 spiro atoms. The molecule has 1 atom stereocenters. The van der Waals surface area contributed by atoms with Crippen LogP contribution in [-0.4, -0.2) is 98.6 Å². The molecule has 0 aromatic carbocycles. The number of likely N-dealkylation sites (tertiary alicyclic amines) is 1. The van der Waals surface area contributed by atoms with Gasteiger partial charge >= 0.3 is 0 Å². The van der Waals surface area contributed by atoms with E-state index < -0.39 is 0 Å². The summed E-state index contributed by atoms with van der Waals surface area (Å²) in [7, 11) is 3.81. The van der Waals surface area contributed by atoms with Gasteiger partial charge in [0.1, 0.15) is 12.6 Å². The predicted molar refractivity (Wildman–Crippen MR) is 119 cm³/mol. The Morgan fingerprint density at radius 2 is 1.66 bits per heavy atom. The molecule has 2 heterocycles. The monoisotopic (exact) mass is 410 g/mol. The fourth-order valence-corrected chi connectivity index (χ4v) is 4.21. The quantitative estimate of drug-likeness (QED) is 0.506. The van der Waals surface area contributed by atoms with Crippen LogP contribution in [0.5, 0.6) is 0 Å². The van der Waals surface area contributed by atoms with Crippen molar-refractivity contribution >= 4 is 19.0 Å². The van der Waals surface area contributed by atoms with Gasteiger partial charge in [0, 0.05) is 45.3 Å². The molecule has 0 radical (unpaired) electrons. The number of piperazine rings is 1. The van der Waals surface area contributed by atoms with E-state index in [0.29, 0.717) is 24.2 Å². The normalized spacial score (nSPS) is 20.5. The second-order valence-corrected chi connectivity index (χ2v) is 8.13. The number of likely N-dealkylation sites (N-methyl/N-ethyl adjacent to an activating group) is 1. The highest BCUT2D eigenvalue weighted by Gasteiger charge is 2.43. The lowest BCUT2D eigenvalue weighted by molar-refractivity contribution is -0.116. The minimum Gasteiger partial charge on any atom is -0.362 e. The van der Waals surface area contributed by atoms with Crippen molar-refractivity contribution in [1.29, 1.82) is 0 Å². The molecule has 1 amide bonds. The van der Waals surface area contributed by atoms with Crippen LogP contribution < -0.4 is 5.32 Å². The van der Waals surface area contributed by atoms with E-state index in [1.54, 1.807) is 7.05 Å². The van der Waals surface area contributed by atoms with E-state index in [4.69, 9.17) is 9.59 Å². The van der Waals surface area contributed by atoms with Crippen molar-refractivity contribution in [2.45, 2.75) is 51.6 Å². The van der Waals surface area contributed by atoms with Gasteiger partial charge < -0.3 is 15.0 Å². The molecule has 0 aromatic heterocycles. The Labute approximate surface area is 177 Å². The smallest absolute Gasteiger partial charge is 0.206 e. The summed E-state index contributed by atoms with van der Waals surface area (Å²) in [6, 6.07) is 0.100. The molecular formula is C22H42N4O3. The zero-order valence-electron chi connectivity index (χ0n) is 19.1. The average Bonchev–Trinajstić information content (AvgIpc) is 2.72. The number of allylic oxidation sites excluding steroid dienone is 1. The Balaban J connectivity index is 0.000000837. The number of rotatable bonds is 7. The first-order valence-corrected chi connectivity index (χ1v) is 10.7. The van der Waals surface area contributed by atoms with Gasteiger partial charge in [-0.05, 0) is 44.8 Å². The standard InChI is InChI=1S/C17H33N3O.C3H4O.C2H5NO/c1-5-8-20-12-11-18(4)14-17(20)6-9-19(10-7-17)16(13-21)15(2)3;1-2-3-4;1-3-2-4/h13,15-16H,5-12,14H2,1-4H3;2-3H,1H2;2H,1H3,(H,3,4). The van der Waals surface area contributed by atoms with Gasteiger partial charge in [0.05, 0.1) is 6.04 Å². The molecule has 2 fully saturated rings. The van der Waals surface area contributed by atoms with E-state index in [1.807, 2.05) is 0 Å². The number of carbonyl (C=O) groups excluding carboxylic acids is 3. The molecule has 2 aliphatic rings. The van der Waals surface area contributed by atoms with Crippen LogP contribution in [0.3, 0.4) is 0 Å². The van der Waals surface area contributed by atoms with Crippen LogP contribution in [0.25, 0.3) is 0 Å². The molecule has 29 heavy (non-hydrogen) atoms. The van der Waals surface area contributed by atoms with E-state index in [1.165, 1.54) is 51.5 Å². The number of hydrogen-bond donors (Lipinski definition) is 1. The van der Waals surface area contributed by atoms with Gasteiger partial charge in [-0.3, -0.25) is 19.4 Å². The van der Waals surface area contributed by atoms with Gasteiger partial charge in [-0.15, -0.1) is 0 Å². The molecular weight excluding hydrogens is 368 g/mol. The molecule has 7 heteroatoms. The first-order chi connectivity index (χ1) is 13.8. The van der Waals surface area contributed by atoms with Gasteiger partial charge in [0.15, 0.2) is 0 Å². The van der Waals surface area contributed by atoms with Crippen LogP contribution in [0.15, 0.2) is 12.7 Å². The van der Waals surface area contributed by atoms with E-state index in [-0.39, 0.29) is 6.04 Å². The molecule has 0 bridgehead atoms. The summed E-state index contributed by atoms with van der Waals surface area (Å²) < 4.78 is 0. The average molecular weight is 411 g/mol. The van der Waals surface area contributed by atoms with Crippen LogP contribution in [0.1, 0.15) is 40.0 Å². The number of amides is 1. The molecule has 2 saturated heterocycles. The largest absolute Gasteiger partial charge is 0.362 e. The summed E-state index contributed by atoms with van der Waals surface area (Å²) >= 11 is 0. The highest BCUT2D eigenvalue weighted by Crippen LogP contribution is 2.33. The van der Waals surface area contributed by atoms with Gasteiger partial charge in [-0.1, -0.05) is 27.4 Å². The lowest BCUT2D eigenvalue weighted by atomic mass is 9.82. The maximum Gasteiger partial charge on any atom is 0.206 e. The second kappa shape index (κ2) is 15.3. The zero-order valence-corrected chi connectivity index (χ0v) is 19.1. The van der Waals surface area contributed by atoms with Gasteiger partial charge in [-0.2, -0.15) is 0 Å².